The summed E-state index contributed by atoms with van der Waals surface area (Å²) >= 11 is 0. The normalized spacial score (nSPS) is 23.3. The van der Waals surface area contributed by atoms with E-state index in [0.29, 0.717) is 44.2 Å². The molecule has 1 aromatic heterocycles. The zero-order valence-corrected chi connectivity index (χ0v) is 24.1. The maximum atomic E-state index is 15.2. The second-order valence-electron chi connectivity index (χ2n) is 10.7. The SMILES string of the molecule is CC.Cc1nn(CC(F)CN2C3CCC2CC(OCC2=C(F)CCC=C2)C3)c(=O)n1CCOCc1ccccc1. The van der Waals surface area contributed by atoms with Gasteiger partial charge >= 0.3 is 5.69 Å². The zero-order chi connectivity index (χ0) is 28.5. The molecule has 7 nitrogen and oxygen atoms in total. The largest absolute Gasteiger partial charge is 0.375 e. The number of hydrogen-bond donors (Lipinski definition) is 0. The standard InChI is InChI=1S/C29H38F2N4O3.C2H6/c1-21-32-35(29(36)33(21)13-14-37-19-22-7-3-2-4-8-22)18-24(30)17-34-25-11-12-26(34)16-27(15-25)38-20-23-9-5-6-10-28(23)31;1-2/h2-5,7-9,24-27H,6,10-20H2,1H3;1-2H3. The van der Waals surface area contributed by atoms with Gasteiger partial charge in [0.05, 0.1) is 39.0 Å². The first kappa shape index (κ1) is 30.3. The maximum absolute atomic E-state index is 15.2. The lowest BCUT2D eigenvalue weighted by Gasteiger charge is -2.39. The summed E-state index contributed by atoms with van der Waals surface area (Å²) in [5.41, 5.74) is 1.42. The Morgan fingerprint density at radius 3 is 2.50 bits per heavy atom. The second kappa shape index (κ2) is 14.8. The Kier molecular flexibility index (Phi) is 11.3. The van der Waals surface area contributed by atoms with Crippen LogP contribution in [0.15, 0.2) is 58.7 Å². The lowest BCUT2D eigenvalue weighted by molar-refractivity contribution is -0.0187. The van der Waals surface area contributed by atoms with Crippen LogP contribution in [0.3, 0.4) is 0 Å². The molecule has 40 heavy (non-hydrogen) atoms. The summed E-state index contributed by atoms with van der Waals surface area (Å²) in [5.74, 6) is 0.490. The molecule has 0 spiro atoms. The number of benzene rings is 1. The first-order chi connectivity index (χ1) is 19.5. The lowest BCUT2D eigenvalue weighted by Crippen LogP contribution is -2.48. The number of alkyl halides is 1. The average molecular weight is 559 g/mol. The van der Waals surface area contributed by atoms with Crippen LogP contribution in [0.5, 0.6) is 0 Å². The van der Waals surface area contributed by atoms with Gasteiger partial charge in [0.2, 0.25) is 0 Å². The molecule has 0 N–H and O–H groups in total. The Bertz CT molecular complexity index is 1180. The third-order valence-electron chi connectivity index (χ3n) is 7.97. The molecule has 2 saturated heterocycles. The molecule has 1 aromatic carbocycles. The molecular formula is C31H44F2N4O3. The van der Waals surface area contributed by atoms with E-state index in [1.807, 2.05) is 56.3 Å². The molecule has 0 amide bonds. The van der Waals surface area contributed by atoms with Crippen LogP contribution in [0, 0.1) is 6.92 Å². The van der Waals surface area contributed by atoms with Crippen molar-refractivity contribution in [2.24, 2.45) is 0 Å². The van der Waals surface area contributed by atoms with Gasteiger partial charge in [-0.2, -0.15) is 5.10 Å². The van der Waals surface area contributed by atoms with Gasteiger partial charge in [0, 0.05) is 30.6 Å². The van der Waals surface area contributed by atoms with Gasteiger partial charge < -0.3 is 9.47 Å². The number of piperidine rings is 1. The quantitative estimate of drug-likeness (QED) is 0.321. The van der Waals surface area contributed by atoms with E-state index in [1.54, 1.807) is 11.5 Å². The van der Waals surface area contributed by atoms with Crippen molar-refractivity contribution in [2.45, 2.75) is 103 Å². The smallest absolute Gasteiger partial charge is 0.346 e. The molecule has 0 saturated carbocycles. The topological polar surface area (TPSA) is 61.5 Å². The van der Waals surface area contributed by atoms with Crippen LogP contribution in [0.1, 0.15) is 63.8 Å². The first-order valence-corrected chi connectivity index (χ1v) is 14.8. The molecule has 0 radical (unpaired) electrons. The highest BCUT2D eigenvalue weighted by Gasteiger charge is 2.42. The van der Waals surface area contributed by atoms with Gasteiger partial charge in [-0.15, -0.1) is 0 Å². The molecule has 9 heteroatoms. The van der Waals surface area contributed by atoms with Crippen molar-refractivity contribution in [2.75, 3.05) is 19.8 Å². The Labute approximate surface area is 236 Å². The van der Waals surface area contributed by atoms with Crippen molar-refractivity contribution >= 4 is 0 Å². The Morgan fingerprint density at radius 1 is 1.07 bits per heavy atom. The number of fused-ring (bicyclic) bond motifs is 2. The summed E-state index contributed by atoms with van der Waals surface area (Å²) in [6, 6.07) is 10.4. The van der Waals surface area contributed by atoms with Crippen molar-refractivity contribution in [3.05, 3.63) is 75.8 Å². The highest BCUT2D eigenvalue weighted by Crippen LogP contribution is 2.37. The number of halogens is 2. The van der Waals surface area contributed by atoms with Gasteiger partial charge in [-0.1, -0.05) is 56.3 Å². The molecule has 5 rings (SSSR count). The van der Waals surface area contributed by atoms with Crippen molar-refractivity contribution in [1.29, 1.82) is 0 Å². The number of rotatable bonds is 12. The summed E-state index contributed by atoms with van der Waals surface area (Å²) in [5, 5.41) is 4.31. The number of hydrogen-bond acceptors (Lipinski definition) is 5. The molecule has 3 aliphatic rings. The van der Waals surface area contributed by atoms with Gasteiger partial charge in [0.15, 0.2) is 0 Å². The minimum Gasteiger partial charge on any atom is -0.375 e. The highest BCUT2D eigenvalue weighted by atomic mass is 19.1. The van der Waals surface area contributed by atoms with E-state index in [0.717, 1.165) is 37.7 Å². The predicted molar refractivity (Wildman–Crippen MR) is 153 cm³/mol. The van der Waals surface area contributed by atoms with E-state index < -0.39 is 6.17 Å². The number of aryl methyl sites for hydroxylation is 1. The third kappa shape index (κ3) is 7.77. The molecule has 220 valence electrons. The van der Waals surface area contributed by atoms with E-state index in [9.17, 15) is 9.18 Å². The Hall–Kier alpha value is -2.62. The van der Waals surface area contributed by atoms with Gasteiger partial charge in [-0.05, 0) is 44.6 Å². The van der Waals surface area contributed by atoms with Crippen molar-refractivity contribution in [3.63, 3.8) is 0 Å². The number of ether oxygens (including phenoxy) is 2. The summed E-state index contributed by atoms with van der Waals surface area (Å²) in [6.07, 6.45) is 7.60. The minimum absolute atomic E-state index is 0.0623. The highest BCUT2D eigenvalue weighted by molar-refractivity contribution is 5.26. The molecule has 1 aliphatic carbocycles. The average Bonchev–Trinajstić information content (AvgIpc) is 3.35. The molecule has 2 fully saturated rings. The van der Waals surface area contributed by atoms with Crippen LogP contribution < -0.4 is 5.69 Å². The molecular weight excluding hydrogens is 514 g/mol. The van der Waals surface area contributed by atoms with Crippen LogP contribution in [0.25, 0.3) is 0 Å². The molecule has 2 aliphatic heterocycles. The van der Waals surface area contributed by atoms with Crippen LogP contribution in [-0.2, 0) is 29.2 Å². The van der Waals surface area contributed by atoms with E-state index in [1.165, 1.54) is 4.68 Å². The van der Waals surface area contributed by atoms with E-state index in [2.05, 4.69) is 10.00 Å². The van der Waals surface area contributed by atoms with Crippen LogP contribution >= 0.6 is 0 Å². The van der Waals surface area contributed by atoms with Crippen LogP contribution in [0.2, 0.25) is 0 Å². The summed E-state index contributed by atoms with van der Waals surface area (Å²) in [6.45, 7) is 7.52. The van der Waals surface area contributed by atoms with Crippen LogP contribution in [0.4, 0.5) is 8.78 Å². The maximum Gasteiger partial charge on any atom is 0.346 e. The predicted octanol–water partition coefficient (Wildman–Crippen LogP) is 5.52. The molecule has 3 unspecified atom stereocenters. The Balaban J connectivity index is 0.00000181. The third-order valence-corrected chi connectivity index (χ3v) is 7.97. The molecule has 2 bridgehead atoms. The van der Waals surface area contributed by atoms with Gasteiger partial charge in [-0.25, -0.2) is 18.3 Å². The monoisotopic (exact) mass is 558 g/mol. The first-order valence-electron chi connectivity index (χ1n) is 14.8. The number of aromatic nitrogens is 3. The van der Waals surface area contributed by atoms with Gasteiger partial charge in [-0.3, -0.25) is 9.47 Å². The fraction of sp³-hybridized carbons (Fsp3) is 0.613. The minimum atomic E-state index is -1.20. The van der Waals surface area contributed by atoms with Gasteiger partial charge in [0.1, 0.15) is 17.8 Å². The summed E-state index contributed by atoms with van der Waals surface area (Å²) < 4.78 is 43.8. The van der Waals surface area contributed by atoms with Crippen molar-refractivity contribution in [1.82, 2.24) is 19.2 Å². The molecule has 3 heterocycles. The Morgan fingerprint density at radius 2 is 1.80 bits per heavy atom. The lowest BCUT2D eigenvalue weighted by atomic mass is 9.99. The summed E-state index contributed by atoms with van der Waals surface area (Å²) in [4.78, 5) is 15.1. The van der Waals surface area contributed by atoms with E-state index in [-0.39, 0.29) is 42.8 Å². The fourth-order valence-corrected chi connectivity index (χ4v) is 6.00. The number of allylic oxidation sites excluding steroid dienone is 2. The second-order valence-corrected chi connectivity index (χ2v) is 10.7. The van der Waals surface area contributed by atoms with Gasteiger partial charge in [0.25, 0.3) is 0 Å². The van der Waals surface area contributed by atoms with Crippen LogP contribution in [-0.4, -0.2) is 63.4 Å². The van der Waals surface area contributed by atoms with Crippen molar-refractivity contribution < 1.29 is 18.3 Å². The zero-order valence-electron chi connectivity index (χ0n) is 24.1. The molecule has 2 aromatic rings. The summed E-state index contributed by atoms with van der Waals surface area (Å²) in [7, 11) is 0. The van der Waals surface area contributed by atoms with E-state index in [4.69, 9.17) is 9.47 Å². The van der Waals surface area contributed by atoms with E-state index >= 15 is 4.39 Å². The molecule has 3 atom stereocenters. The van der Waals surface area contributed by atoms with Crippen molar-refractivity contribution in [3.8, 4) is 0 Å². The fourth-order valence-electron chi connectivity index (χ4n) is 6.00. The number of nitrogens with zero attached hydrogens (tertiary/aromatic N) is 4.